The number of rotatable bonds is 5. The third-order valence-electron chi connectivity index (χ3n) is 4.26. The van der Waals surface area contributed by atoms with Crippen LogP contribution in [0.5, 0.6) is 0 Å². The van der Waals surface area contributed by atoms with Gasteiger partial charge in [0.05, 0.1) is 5.92 Å². The van der Waals surface area contributed by atoms with E-state index in [9.17, 15) is 8.42 Å². The summed E-state index contributed by atoms with van der Waals surface area (Å²) in [5.74, 6) is 1.03. The fourth-order valence-electron chi connectivity index (χ4n) is 2.86. The first-order chi connectivity index (χ1) is 9.93. The first-order valence-corrected chi connectivity index (χ1v) is 9.64. The van der Waals surface area contributed by atoms with Gasteiger partial charge in [0.15, 0.2) is 15.7 Å². The van der Waals surface area contributed by atoms with Gasteiger partial charge in [0.2, 0.25) is 5.89 Å². The molecule has 7 heteroatoms. The summed E-state index contributed by atoms with van der Waals surface area (Å²) in [6.07, 6.45) is 6.87. The van der Waals surface area contributed by atoms with Crippen LogP contribution in [0.3, 0.4) is 0 Å². The van der Waals surface area contributed by atoms with Gasteiger partial charge >= 0.3 is 0 Å². The van der Waals surface area contributed by atoms with Crippen molar-refractivity contribution < 1.29 is 12.9 Å². The minimum absolute atomic E-state index is 0.181. The maximum absolute atomic E-state index is 11.6. The largest absolute Gasteiger partial charge is 0.339 e. The lowest BCUT2D eigenvalue weighted by Crippen LogP contribution is -2.34. The molecule has 1 aliphatic carbocycles. The molecule has 120 valence electrons. The number of sulfone groups is 1. The summed E-state index contributed by atoms with van der Waals surface area (Å²) >= 11 is 0. The first-order valence-electron chi connectivity index (χ1n) is 7.69. The molecule has 21 heavy (non-hydrogen) atoms. The monoisotopic (exact) mass is 315 g/mol. The maximum atomic E-state index is 11.6. The van der Waals surface area contributed by atoms with E-state index in [1.807, 2.05) is 0 Å². The quantitative estimate of drug-likeness (QED) is 0.838. The van der Waals surface area contributed by atoms with Crippen LogP contribution in [0.4, 0.5) is 0 Å². The van der Waals surface area contributed by atoms with E-state index < -0.39 is 15.1 Å². The molecule has 1 saturated carbocycles. The highest BCUT2D eigenvalue weighted by Gasteiger charge is 2.31. The van der Waals surface area contributed by atoms with E-state index in [0.717, 1.165) is 25.8 Å². The van der Waals surface area contributed by atoms with Crippen molar-refractivity contribution in [2.75, 3.05) is 12.8 Å². The van der Waals surface area contributed by atoms with Gasteiger partial charge in [0.25, 0.3) is 0 Å². The zero-order valence-corrected chi connectivity index (χ0v) is 13.8. The van der Waals surface area contributed by atoms with E-state index in [1.165, 1.54) is 19.1 Å². The Labute approximate surface area is 126 Å². The van der Waals surface area contributed by atoms with Crippen molar-refractivity contribution in [3.63, 3.8) is 0 Å². The minimum Gasteiger partial charge on any atom is -0.339 e. The fourth-order valence-corrected chi connectivity index (χ4v) is 3.34. The summed E-state index contributed by atoms with van der Waals surface area (Å²) in [6.45, 7) is 4.59. The second-order valence-corrected chi connectivity index (χ2v) is 8.24. The van der Waals surface area contributed by atoms with Gasteiger partial charge in [-0.15, -0.1) is 0 Å². The maximum Gasteiger partial charge on any atom is 0.231 e. The molecule has 1 aromatic rings. The molecule has 1 fully saturated rings. The van der Waals surface area contributed by atoms with E-state index in [2.05, 4.69) is 22.4 Å². The summed E-state index contributed by atoms with van der Waals surface area (Å²) in [5.41, 5.74) is 0. The van der Waals surface area contributed by atoms with Crippen molar-refractivity contribution in [2.24, 2.45) is 0 Å². The fraction of sp³-hybridized carbons (Fsp3) is 0.857. The second kappa shape index (κ2) is 6.87. The van der Waals surface area contributed by atoms with E-state index >= 15 is 0 Å². The Kier molecular flexibility index (Phi) is 5.37. The van der Waals surface area contributed by atoms with Crippen LogP contribution in [0, 0.1) is 0 Å². The third-order valence-corrected chi connectivity index (χ3v) is 5.76. The summed E-state index contributed by atoms with van der Waals surface area (Å²) in [4.78, 5) is 4.38. The predicted molar refractivity (Wildman–Crippen MR) is 80.8 cm³/mol. The Bertz CT molecular complexity index is 556. The summed E-state index contributed by atoms with van der Waals surface area (Å²) in [7, 11) is -3.20. The van der Waals surface area contributed by atoms with Crippen LogP contribution in [0.15, 0.2) is 4.52 Å². The average molecular weight is 315 g/mol. The molecular weight excluding hydrogens is 290 g/mol. The second-order valence-electron chi connectivity index (χ2n) is 5.87. The Morgan fingerprint density at radius 3 is 2.71 bits per heavy atom. The molecule has 6 nitrogen and oxygen atoms in total. The van der Waals surface area contributed by atoms with Crippen LogP contribution >= 0.6 is 0 Å². The van der Waals surface area contributed by atoms with E-state index in [1.54, 1.807) is 6.92 Å². The molecule has 1 aliphatic rings. The molecule has 0 amide bonds. The highest BCUT2D eigenvalue weighted by Crippen LogP contribution is 2.32. The van der Waals surface area contributed by atoms with Crippen molar-refractivity contribution >= 4 is 9.84 Å². The third kappa shape index (κ3) is 4.03. The van der Waals surface area contributed by atoms with E-state index in [4.69, 9.17) is 4.52 Å². The number of aromatic nitrogens is 2. The van der Waals surface area contributed by atoms with Crippen LogP contribution < -0.4 is 5.32 Å². The topological polar surface area (TPSA) is 85.1 Å². The van der Waals surface area contributed by atoms with Gasteiger partial charge in [-0.1, -0.05) is 31.3 Å². The zero-order chi connectivity index (χ0) is 15.5. The van der Waals surface area contributed by atoms with Gasteiger partial charge in [-0.25, -0.2) is 8.42 Å². The Hall–Kier alpha value is -0.950. The molecule has 3 atom stereocenters. The Balaban J connectivity index is 2.21. The lowest BCUT2D eigenvalue weighted by atomic mass is 9.94. The molecule has 0 bridgehead atoms. The van der Waals surface area contributed by atoms with Gasteiger partial charge in [-0.05, 0) is 26.3 Å². The summed E-state index contributed by atoms with van der Waals surface area (Å²) in [5, 5.41) is 6.66. The van der Waals surface area contributed by atoms with Crippen molar-refractivity contribution in [1.29, 1.82) is 0 Å². The molecule has 1 heterocycles. The Morgan fingerprint density at radius 1 is 1.33 bits per heavy atom. The van der Waals surface area contributed by atoms with Crippen LogP contribution in [0.25, 0.3) is 0 Å². The highest BCUT2D eigenvalue weighted by atomic mass is 32.2. The summed E-state index contributed by atoms with van der Waals surface area (Å²) in [6, 6.07) is 0.333. The molecule has 3 unspecified atom stereocenters. The average Bonchev–Trinajstić information content (AvgIpc) is 2.78. The zero-order valence-electron chi connectivity index (χ0n) is 13.0. The van der Waals surface area contributed by atoms with Crippen molar-refractivity contribution in [3.8, 4) is 0 Å². The van der Waals surface area contributed by atoms with Crippen molar-refractivity contribution in [3.05, 3.63) is 11.7 Å². The van der Waals surface area contributed by atoms with Crippen LogP contribution in [-0.4, -0.2) is 37.4 Å². The van der Waals surface area contributed by atoms with Gasteiger partial charge in [-0.2, -0.15) is 4.98 Å². The molecule has 2 rings (SSSR count). The molecule has 1 aromatic heterocycles. The van der Waals surface area contributed by atoms with Gasteiger partial charge in [0, 0.05) is 12.3 Å². The number of nitrogens with zero attached hydrogens (tertiary/aromatic N) is 2. The molecular formula is C14H25N3O3S. The number of nitrogens with one attached hydrogen (secondary N) is 1. The Morgan fingerprint density at radius 2 is 2.05 bits per heavy atom. The normalized spacial score (nSPS) is 25.5. The molecule has 0 spiro atoms. The number of hydrogen-bond donors (Lipinski definition) is 1. The van der Waals surface area contributed by atoms with Crippen LogP contribution in [-0.2, 0) is 9.84 Å². The number of hydrogen-bond acceptors (Lipinski definition) is 6. The first kappa shape index (κ1) is 16.4. The van der Waals surface area contributed by atoms with Crippen LogP contribution in [0.1, 0.15) is 68.8 Å². The SMILES string of the molecule is CCNC1CCCCCC1c1nc(C(C)S(C)(=O)=O)no1. The highest BCUT2D eigenvalue weighted by molar-refractivity contribution is 7.90. The van der Waals surface area contributed by atoms with E-state index in [0.29, 0.717) is 11.9 Å². The van der Waals surface area contributed by atoms with Gasteiger partial charge < -0.3 is 9.84 Å². The molecule has 1 N–H and O–H groups in total. The number of likely N-dealkylation sites (N-methyl/N-ethyl adjacent to an activating group) is 1. The molecule has 0 radical (unpaired) electrons. The minimum atomic E-state index is -3.20. The summed E-state index contributed by atoms with van der Waals surface area (Å²) < 4.78 is 28.6. The molecule has 0 saturated heterocycles. The molecule has 0 aromatic carbocycles. The smallest absolute Gasteiger partial charge is 0.231 e. The predicted octanol–water partition coefficient (Wildman–Crippen LogP) is 2.20. The van der Waals surface area contributed by atoms with Crippen molar-refractivity contribution in [1.82, 2.24) is 15.5 Å². The lowest BCUT2D eigenvalue weighted by molar-refractivity contribution is 0.304. The van der Waals surface area contributed by atoms with Crippen molar-refractivity contribution in [2.45, 2.75) is 63.2 Å². The van der Waals surface area contributed by atoms with E-state index in [-0.39, 0.29) is 11.7 Å². The standard InChI is InChI=1S/C14H25N3O3S/c1-4-15-12-9-7-5-6-8-11(12)14-16-13(17-20-14)10(2)21(3,18)19/h10-12,15H,4-9H2,1-3H3. The van der Waals surface area contributed by atoms with Crippen LogP contribution in [0.2, 0.25) is 0 Å². The molecule has 0 aliphatic heterocycles. The van der Waals surface area contributed by atoms with Gasteiger partial charge in [-0.3, -0.25) is 0 Å². The van der Waals surface area contributed by atoms with Gasteiger partial charge in [0.1, 0.15) is 5.25 Å². The lowest BCUT2D eigenvalue weighted by Gasteiger charge is -2.22.